The second-order valence-electron chi connectivity index (χ2n) is 6.66. The fourth-order valence-corrected chi connectivity index (χ4v) is 3.73. The van der Waals surface area contributed by atoms with Gasteiger partial charge < -0.3 is 10.0 Å². The van der Waals surface area contributed by atoms with Crippen LogP contribution >= 0.6 is 0 Å². The normalized spacial score (nSPS) is 26.0. The number of amides is 1. The summed E-state index contributed by atoms with van der Waals surface area (Å²) >= 11 is 0. The third-order valence-electron chi connectivity index (χ3n) is 5.45. The Labute approximate surface area is 137 Å². The Morgan fingerprint density at radius 3 is 2.12 bits per heavy atom. The average Bonchev–Trinajstić information content (AvgIpc) is 2.93. The molecule has 1 saturated heterocycles. The molecule has 1 N–H and O–H groups in total. The van der Waals surface area contributed by atoms with Crippen LogP contribution in [0.5, 0.6) is 0 Å². The quantitative estimate of drug-likeness (QED) is 0.920. The molecule has 1 unspecified atom stereocenters. The van der Waals surface area contributed by atoms with Crippen molar-refractivity contribution in [2.45, 2.75) is 37.3 Å². The maximum absolute atomic E-state index is 13.3. The maximum Gasteiger partial charge on any atom is 0.406 e. The molecular weight excluding hydrogens is 323 g/mol. The van der Waals surface area contributed by atoms with Gasteiger partial charge in [-0.25, -0.2) is 0 Å². The first-order chi connectivity index (χ1) is 11.2. The Morgan fingerprint density at radius 1 is 1.08 bits per heavy atom. The number of carbonyl (C=O) groups is 2. The van der Waals surface area contributed by atoms with Crippen molar-refractivity contribution in [3.63, 3.8) is 0 Å². The van der Waals surface area contributed by atoms with Gasteiger partial charge >= 0.3 is 12.1 Å². The molecular formula is C17H18F3NO3. The Balaban J connectivity index is 1.88. The second kappa shape index (κ2) is 5.50. The predicted octanol–water partition coefficient (Wildman–Crippen LogP) is 2.97. The number of rotatable bonds is 3. The van der Waals surface area contributed by atoms with Gasteiger partial charge in [0, 0.05) is 13.1 Å². The number of alkyl halides is 3. The lowest BCUT2D eigenvalue weighted by Crippen LogP contribution is -2.53. The van der Waals surface area contributed by atoms with Crippen LogP contribution in [0.4, 0.5) is 13.2 Å². The van der Waals surface area contributed by atoms with Crippen LogP contribution in [0.1, 0.15) is 31.2 Å². The van der Waals surface area contributed by atoms with E-state index in [1.165, 1.54) is 0 Å². The van der Waals surface area contributed by atoms with Crippen molar-refractivity contribution in [3.05, 3.63) is 35.9 Å². The van der Waals surface area contributed by atoms with Gasteiger partial charge in [0.25, 0.3) is 0 Å². The Morgan fingerprint density at radius 2 is 1.71 bits per heavy atom. The number of aliphatic carboxylic acids is 1. The van der Waals surface area contributed by atoms with Crippen LogP contribution in [0, 0.1) is 5.41 Å². The van der Waals surface area contributed by atoms with E-state index in [1.807, 2.05) is 6.07 Å². The molecule has 0 radical (unpaired) electrons. The molecule has 2 fully saturated rings. The smallest absolute Gasteiger partial charge is 0.406 e. The first-order valence-electron chi connectivity index (χ1n) is 7.88. The number of benzene rings is 1. The van der Waals surface area contributed by atoms with E-state index in [2.05, 4.69) is 0 Å². The van der Waals surface area contributed by atoms with Crippen LogP contribution in [0.25, 0.3) is 0 Å². The largest absolute Gasteiger partial charge is 0.481 e. The van der Waals surface area contributed by atoms with Gasteiger partial charge in [0.1, 0.15) is 0 Å². The number of halogens is 3. The van der Waals surface area contributed by atoms with Crippen LogP contribution < -0.4 is 0 Å². The van der Waals surface area contributed by atoms with Gasteiger partial charge in [0.05, 0.1) is 5.41 Å². The lowest BCUT2D eigenvalue weighted by Gasteiger charge is -2.43. The standard InChI is InChI=1S/C17H18F3NO3/c18-17(19,20)16(14(23)24)9-10-21(11-16)13(22)15(7-4-8-15)12-5-2-1-3-6-12/h1-3,5-6H,4,7-11H2,(H,23,24). The zero-order chi connectivity index (χ0) is 17.6. The molecule has 1 aromatic carbocycles. The van der Waals surface area contributed by atoms with E-state index >= 15 is 0 Å². The van der Waals surface area contributed by atoms with Gasteiger partial charge in [0.2, 0.25) is 5.91 Å². The summed E-state index contributed by atoms with van der Waals surface area (Å²) in [5, 5.41) is 9.13. The minimum atomic E-state index is -4.88. The number of carboxylic acids is 1. The Kier molecular flexibility index (Phi) is 3.85. The van der Waals surface area contributed by atoms with Crippen molar-refractivity contribution < 1.29 is 27.9 Å². The van der Waals surface area contributed by atoms with Gasteiger partial charge in [-0.15, -0.1) is 0 Å². The lowest BCUT2D eigenvalue weighted by atomic mass is 9.63. The molecule has 0 spiro atoms. The molecule has 4 nitrogen and oxygen atoms in total. The first-order valence-corrected chi connectivity index (χ1v) is 7.88. The number of likely N-dealkylation sites (tertiary alicyclic amines) is 1. The molecule has 1 amide bonds. The molecule has 1 aliphatic carbocycles. The van der Waals surface area contributed by atoms with Crippen molar-refractivity contribution in [1.29, 1.82) is 0 Å². The molecule has 1 atom stereocenters. The summed E-state index contributed by atoms with van der Waals surface area (Å²) in [6.45, 7) is -0.988. The molecule has 2 aliphatic rings. The highest BCUT2D eigenvalue weighted by atomic mass is 19.4. The molecule has 1 aromatic rings. The molecule has 24 heavy (non-hydrogen) atoms. The second-order valence-corrected chi connectivity index (χ2v) is 6.66. The SMILES string of the molecule is O=C(N1CCC(C(=O)O)(C(F)(F)F)C1)C1(c2ccccc2)CCC1. The van der Waals surface area contributed by atoms with Gasteiger partial charge in [-0.1, -0.05) is 36.8 Å². The van der Waals surface area contributed by atoms with Gasteiger partial charge in [-0.05, 0) is 24.8 Å². The van der Waals surface area contributed by atoms with Crippen molar-refractivity contribution in [2.75, 3.05) is 13.1 Å². The van der Waals surface area contributed by atoms with E-state index in [9.17, 15) is 22.8 Å². The highest BCUT2D eigenvalue weighted by molar-refractivity contribution is 5.90. The van der Waals surface area contributed by atoms with Crippen LogP contribution in [-0.4, -0.2) is 41.1 Å². The van der Waals surface area contributed by atoms with Gasteiger partial charge in [-0.3, -0.25) is 9.59 Å². The zero-order valence-electron chi connectivity index (χ0n) is 13.0. The minimum absolute atomic E-state index is 0.181. The Bertz CT molecular complexity index is 655. The lowest BCUT2D eigenvalue weighted by molar-refractivity contribution is -0.227. The van der Waals surface area contributed by atoms with Gasteiger partial charge in [0.15, 0.2) is 5.41 Å². The summed E-state index contributed by atoms with van der Waals surface area (Å²) in [5.41, 5.74) is -2.87. The molecule has 1 aliphatic heterocycles. The van der Waals surface area contributed by atoms with E-state index < -0.39 is 35.9 Å². The average molecular weight is 341 g/mol. The van der Waals surface area contributed by atoms with E-state index in [0.29, 0.717) is 12.8 Å². The maximum atomic E-state index is 13.3. The topological polar surface area (TPSA) is 57.6 Å². The molecule has 7 heteroatoms. The summed E-state index contributed by atoms with van der Waals surface area (Å²) in [5.74, 6) is -2.29. The monoisotopic (exact) mass is 341 g/mol. The summed E-state index contributed by atoms with van der Waals surface area (Å²) in [4.78, 5) is 25.3. The number of nitrogens with zero attached hydrogens (tertiary/aromatic N) is 1. The van der Waals surface area contributed by atoms with Crippen molar-refractivity contribution in [2.24, 2.45) is 5.41 Å². The summed E-state index contributed by atoms with van der Waals surface area (Å²) in [6.07, 6.45) is -3.48. The van der Waals surface area contributed by atoms with Crippen molar-refractivity contribution >= 4 is 11.9 Å². The molecule has 1 saturated carbocycles. The van der Waals surface area contributed by atoms with Crippen LogP contribution in [0.3, 0.4) is 0 Å². The van der Waals surface area contributed by atoms with Crippen LogP contribution in [0.15, 0.2) is 30.3 Å². The molecule has 0 aromatic heterocycles. The number of carboxylic acid groups (broad SMARTS) is 1. The van der Waals surface area contributed by atoms with E-state index in [4.69, 9.17) is 5.11 Å². The Hall–Kier alpha value is -2.05. The predicted molar refractivity (Wildman–Crippen MR) is 79.3 cm³/mol. The molecule has 3 rings (SSSR count). The highest BCUT2D eigenvalue weighted by Crippen LogP contribution is 2.50. The summed E-state index contributed by atoms with van der Waals surface area (Å²) < 4.78 is 39.9. The molecule has 130 valence electrons. The summed E-state index contributed by atoms with van der Waals surface area (Å²) in [7, 11) is 0. The third-order valence-corrected chi connectivity index (χ3v) is 5.45. The fraction of sp³-hybridized carbons (Fsp3) is 0.529. The van der Waals surface area contributed by atoms with E-state index in [0.717, 1.165) is 16.9 Å². The number of carbonyl (C=O) groups excluding carboxylic acids is 1. The fourth-order valence-electron chi connectivity index (χ4n) is 3.73. The zero-order valence-corrected chi connectivity index (χ0v) is 13.0. The van der Waals surface area contributed by atoms with Crippen LogP contribution in [-0.2, 0) is 15.0 Å². The number of hydrogen-bond acceptors (Lipinski definition) is 2. The van der Waals surface area contributed by atoms with E-state index in [-0.39, 0.29) is 12.5 Å². The van der Waals surface area contributed by atoms with Crippen molar-refractivity contribution in [1.82, 2.24) is 4.90 Å². The van der Waals surface area contributed by atoms with Gasteiger partial charge in [-0.2, -0.15) is 13.2 Å². The van der Waals surface area contributed by atoms with Crippen LogP contribution in [0.2, 0.25) is 0 Å². The highest BCUT2D eigenvalue weighted by Gasteiger charge is 2.65. The van der Waals surface area contributed by atoms with Crippen molar-refractivity contribution in [3.8, 4) is 0 Å². The number of hydrogen-bond donors (Lipinski definition) is 1. The summed E-state index contributed by atoms with van der Waals surface area (Å²) in [6, 6.07) is 9.02. The first kappa shape index (κ1) is 16.8. The van der Waals surface area contributed by atoms with E-state index in [1.54, 1.807) is 24.3 Å². The third kappa shape index (κ3) is 2.29. The molecule has 1 heterocycles. The molecule has 0 bridgehead atoms. The minimum Gasteiger partial charge on any atom is -0.481 e.